The molecule has 0 saturated carbocycles. The summed E-state index contributed by atoms with van der Waals surface area (Å²) in [6.45, 7) is 0. The zero-order valence-electron chi connectivity index (χ0n) is 26.1. The molecular weight excluding hydrogens is 583 g/mol. The Labute approximate surface area is 277 Å². The van der Waals surface area contributed by atoms with E-state index < -0.39 is 0 Å². The summed E-state index contributed by atoms with van der Waals surface area (Å²) in [7, 11) is 0. The lowest BCUT2D eigenvalue weighted by atomic mass is 9.94. The van der Waals surface area contributed by atoms with E-state index in [2.05, 4.69) is 175 Å². The van der Waals surface area contributed by atoms with Gasteiger partial charge < -0.3 is 9.32 Å². The van der Waals surface area contributed by atoms with E-state index in [1.54, 1.807) is 0 Å². The molecule has 2 nitrogen and oxygen atoms in total. The van der Waals surface area contributed by atoms with E-state index in [-0.39, 0.29) is 0 Å². The summed E-state index contributed by atoms with van der Waals surface area (Å²) >= 11 is 0. The van der Waals surface area contributed by atoms with Gasteiger partial charge in [-0.15, -0.1) is 0 Å². The van der Waals surface area contributed by atoms with Crippen LogP contribution in [0.25, 0.3) is 76.2 Å². The minimum atomic E-state index is 0.909. The van der Waals surface area contributed by atoms with Gasteiger partial charge in [0, 0.05) is 32.6 Å². The van der Waals surface area contributed by atoms with Crippen molar-refractivity contribution in [3.63, 3.8) is 0 Å². The molecule has 0 N–H and O–H groups in total. The molecule has 10 rings (SSSR count). The minimum Gasteiger partial charge on any atom is -0.455 e. The van der Waals surface area contributed by atoms with Crippen molar-refractivity contribution in [3.8, 4) is 11.1 Å². The fourth-order valence-electron chi connectivity index (χ4n) is 7.60. The molecule has 0 aliphatic carbocycles. The molecule has 0 amide bonds. The lowest BCUT2D eigenvalue weighted by Gasteiger charge is -2.29. The molecule has 0 radical (unpaired) electrons. The lowest BCUT2D eigenvalue weighted by Crippen LogP contribution is -2.11. The normalized spacial score (nSPS) is 11.8. The standard InChI is InChI=1S/C46H29NO/c1-2-11-30(12-3-1)31-23-25-34(26-24-31)47(42-19-10-18-40-37(42)27-28-41-38-16-8-9-20-44(38)48-46(40)41)43-29-33-22-21-32-13-4-5-14-35(32)45(33)39-17-7-6-15-36(39)43/h1-29H. The number of nitrogens with zero attached hydrogens (tertiary/aromatic N) is 1. The van der Waals surface area contributed by atoms with Crippen LogP contribution in [0.5, 0.6) is 0 Å². The van der Waals surface area contributed by atoms with Crippen LogP contribution in [0.3, 0.4) is 0 Å². The van der Waals surface area contributed by atoms with Gasteiger partial charge in [-0.05, 0) is 74.5 Å². The number of rotatable bonds is 4. The zero-order valence-corrected chi connectivity index (χ0v) is 26.1. The average Bonchev–Trinajstić information content (AvgIpc) is 3.55. The third-order valence-electron chi connectivity index (χ3n) is 9.82. The quantitative estimate of drug-likeness (QED) is 0.184. The zero-order chi connectivity index (χ0) is 31.6. The first kappa shape index (κ1) is 26.8. The minimum absolute atomic E-state index is 0.909. The summed E-state index contributed by atoms with van der Waals surface area (Å²) in [5.41, 5.74) is 7.56. The van der Waals surface area contributed by atoms with Crippen LogP contribution >= 0.6 is 0 Å². The fourth-order valence-corrected chi connectivity index (χ4v) is 7.60. The van der Waals surface area contributed by atoms with Gasteiger partial charge in [0.2, 0.25) is 0 Å². The molecule has 1 aromatic heterocycles. The summed E-state index contributed by atoms with van der Waals surface area (Å²) in [5.74, 6) is 0. The lowest BCUT2D eigenvalue weighted by molar-refractivity contribution is 0.672. The highest BCUT2D eigenvalue weighted by atomic mass is 16.3. The van der Waals surface area contributed by atoms with Crippen molar-refractivity contribution >= 4 is 82.1 Å². The van der Waals surface area contributed by atoms with Gasteiger partial charge in [-0.1, -0.05) is 140 Å². The van der Waals surface area contributed by atoms with Crippen LogP contribution in [-0.4, -0.2) is 0 Å². The topological polar surface area (TPSA) is 16.4 Å². The van der Waals surface area contributed by atoms with Crippen LogP contribution in [-0.2, 0) is 0 Å². The van der Waals surface area contributed by atoms with E-state index in [0.717, 1.165) is 49.8 Å². The van der Waals surface area contributed by atoms with Crippen molar-refractivity contribution in [1.82, 2.24) is 0 Å². The van der Waals surface area contributed by atoms with Crippen molar-refractivity contribution in [2.24, 2.45) is 0 Å². The second-order valence-electron chi connectivity index (χ2n) is 12.5. The highest BCUT2D eigenvalue weighted by Crippen LogP contribution is 2.47. The maximum Gasteiger partial charge on any atom is 0.143 e. The summed E-state index contributed by atoms with van der Waals surface area (Å²) in [5, 5.41) is 12.0. The first-order valence-electron chi connectivity index (χ1n) is 16.4. The predicted molar refractivity (Wildman–Crippen MR) is 204 cm³/mol. The largest absolute Gasteiger partial charge is 0.455 e. The van der Waals surface area contributed by atoms with E-state index in [0.29, 0.717) is 0 Å². The molecule has 10 aromatic rings. The predicted octanol–water partition coefficient (Wildman–Crippen LogP) is 13.3. The van der Waals surface area contributed by atoms with Crippen molar-refractivity contribution in [2.75, 3.05) is 4.90 Å². The van der Waals surface area contributed by atoms with Crippen LogP contribution < -0.4 is 4.90 Å². The number of fused-ring (bicyclic) bond motifs is 10. The number of para-hydroxylation sites is 1. The second kappa shape index (κ2) is 10.6. The highest BCUT2D eigenvalue weighted by molar-refractivity contribution is 6.24. The maximum absolute atomic E-state index is 6.53. The first-order valence-corrected chi connectivity index (χ1v) is 16.4. The Morgan fingerprint density at radius 2 is 0.958 bits per heavy atom. The van der Waals surface area contributed by atoms with Gasteiger partial charge in [-0.3, -0.25) is 0 Å². The van der Waals surface area contributed by atoms with Crippen LogP contribution in [0.15, 0.2) is 180 Å². The molecule has 9 aromatic carbocycles. The molecule has 0 fully saturated rings. The van der Waals surface area contributed by atoms with Crippen LogP contribution in [0.2, 0.25) is 0 Å². The van der Waals surface area contributed by atoms with E-state index in [4.69, 9.17) is 4.42 Å². The van der Waals surface area contributed by atoms with Crippen molar-refractivity contribution < 1.29 is 4.42 Å². The average molecular weight is 612 g/mol. The molecule has 1 heterocycles. The van der Waals surface area contributed by atoms with Crippen LogP contribution in [0.1, 0.15) is 0 Å². The van der Waals surface area contributed by atoms with Gasteiger partial charge in [0.1, 0.15) is 11.2 Å². The van der Waals surface area contributed by atoms with E-state index >= 15 is 0 Å². The molecule has 48 heavy (non-hydrogen) atoms. The van der Waals surface area contributed by atoms with E-state index in [1.807, 2.05) is 6.07 Å². The Bertz CT molecular complexity index is 2830. The number of anilines is 3. The summed E-state index contributed by atoms with van der Waals surface area (Å²) in [6.07, 6.45) is 0. The summed E-state index contributed by atoms with van der Waals surface area (Å²) in [6, 6.07) is 63.3. The van der Waals surface area contributed by atoms with Gasteiger partial charge >= 0.3 is 0 Å². The van der Waals surface area contributed by atoms with Gasteiger partial charge in [-0.2, -0.15) is 0 Å². The Morgan fingerprint density at radius 3 is 1.81 bits per heavy atom. The van der Waals surface area contributed by atoms with Crippen molar-refractivity contribution in [1.29, 1.82) is 0 Å². The van der Waals surface area contributed by atoms with Gasteiger partial charge in [-0.25, -0.2) is 0 Å². The van der Waals surface area contributed by atoms with Crippen LogP contribution in [0, 0.1) is 0 Å². The van der Waals surface area contributed by atoms with E-state index in [1.165, 1.54) is 43.4 Å². The van der Waals surface area contributed by atoms with Gasteiger partial charge in [0.15, 0.2) is 0 Å². The summed E-state index contributed by atoms with van der Waals surface area (Å²) < 4.78 is 6.53. The maximum atomic E-state index is 6.53. The molecule has 224 valence electrons. The Hall–Kier alpha value is -6.38. The molecule has 0 bridgehead atoms. The monoisotopic (exact) mass is 611 g/mol. The molecule has 0 saturated heterocycles. The number of furan rings is 1. The Morgan fingerprint density at radius 1 is 0.354 bits per heavy atom. The molecule has 0 spiro atoms. The third kappa shape index (κ3) is 4.06. The van der Waals surface area contributed by atoms with Crippen molar-refractivity contribution in [2.45, 2.75) is 0 Å². The smallest absolute Gasteiger partial charge is 0.143 e. The highest BCUT2D eigenvalue weighted by Gasteiger charge is 2.21. The fraction of sp³-hybridized carbons (Fsp3) is 0. The third-order valence-corrected chi connectivity index (χ3v) is 9.82. The molecule has 0 aliphatic rings. The van der Waals surface area contributed by atoms with Crippen LogP contribution in [0.4, 0.5) is 17.1 Å². The molecular formula is C46H29NO. The van der Waals surface area contributed by atoms with E-state index in [9.17, 15) is 0 Å². The molecule has 0 atom stereocenters. The van der Waals surface area contributed by atoms with Gasteiger partial charge in [0.25, 0.3) is 0 Å². The molecule has 2 heteroatoms. The number of hydrogen-bond acceptors (Lipinski definition) is 2. The molecule has 0 aliphatic heterocycles. The molecule has 0 unspecified atom stereocenters. The van der Waals surface area contributed by atoms with Gasteiger partial charge in [0.05, 0.1) is 11.4 Å². The van der Waals surface area contributed by atoms with Crippen molar-refractivity contribution in [3.05, 3.63) is 176 Å². The second-order valence-corrected chi connectivity index (χ2v) is 12.5. The SMILES string of the molecule is c1ccc(-c2ccc(N(c3cccc4c3ccc3c5ccccc5oc43)c3cc4ccc5ccccc5c4c4ccccc34)cc2)cc1. The summed E-state index contributed by atoms with van der Waals surface area (Å²) in [4.78, 5) is 2.43. The Kier molecular flexibility index (Phi) is 5.91. The Balaban J connectivity index is 1.28. The number of hydrogen-bond donors (Lipinski definition) is 0. The first-order chi connectivity index (χ1) is 23.8. The number of benzene rings is 9.